The molecule has 3 heteroatoms. The van der Waals surface area contributed by atoms with Gasteiger partial charge in [0.05, 0.1) is 0 Å². The van der Waals surface area contributed by atoms with Crippen molar-refractivity contribution >= 4 is 22.5 Å². The maximum absolute atomic E-state index is 12.3. The quantitative estimate of drug-likeness (QED) is 0.733. The number of amides is 1. The van der Waals surface area contributed by atoms with Gasteiger partial charge in [-0.2, -0.15) is 0 Å². The number of fused-ring (bicyclic) bond motifs is 1. The Morgan fingerprint density at radius 1 is 1.04 bits per heavy atom. The number of aromatic nitrogens is 1. The number of rotatable bonds is 3. The fourth-order valence-corrected chi connectivity index (χ4v) is 2.87. The van der Waals surface area contributed by atoms with Gasteiger partial charge in [0.1, 0.15) is 6.54 Å². The normalized spacial score (nSPS) is 11.7. The average molecular weight is 320 g/mol. The van der Waals surface area contributed by atoms with Gasteiger partial charge in [0.25, 0.3) is 0 Å². The third-order valence-corrected chi connectivity index (χ3v) is 4.28. The van der Waals surface area contributed by atoms with Gasteiger partial charge in [-0.15, -0.1) is 0 Å². The summed E-state index contributed by atoms with van der Waals surface area (Å²) in [6.45, 7) is 8.93. The van der Waals surface area contributed by atoms with Crippen molar-refractivity contribution in [2.45, 2.75) is 39.7 Å². The molecule has 3 aromatic rings. The largest absolute Gasteiger partial charge is 0.338 e. The number of anilines is 1. The number of aryl methyl sites for hydroxylation is 1. The summed E-state index contributed by atoms with van der Waals surface area (Å²) >= 11 is 0. The standard InChI is InChI=1S/C21H24N2O/c1-15-5-10-19-16(13-15)11-12-23(19)14-20(24)22-18-8-6-17(7-9-18)21(2,3)4/h5-13H,14H2,1-4H3,(H,22,24). The highest BCUT2D eigenvalue weighted by Crippen LogP contribution is 2.23. The molecule has 1 amide bonds. The van der Waals surface area contributed by atoms with Gasteiger partial charge in [0.2, 0.25) is 5.91 Å². The van der Waals surface area contributed by atoms with Crippen molar-refractivity contribution in [3.63, 3.8) is 0 Å². The molecule has 1 heterocycles. The van der Waals surface area contributed by atoms with Crippen LogP contribution in [-0.2, 0) is 16.8 Å². The van der Waals surface area contributed by atoms with E-state index in [1.165, 1.54) is 11.1 Å². The molecule has 124 valence electrons. The van der Waals surface area contributed by atoms with Crippen molar-refractivity contribution in [3.05, 3.63) is 65.9 Å². The Bertz CT molecular complexity index is 867. The lowest BCUT2D eigenvalue weighted by atomic mass is 9.87. The maximum atomic E-state index is 12.3. The number of nitrogens with zero attached hydrogens (tertiary/aromatic N) is 1. The number of nitrogens with one attached hydrogen (secondary N) is 1. The molecule has 0 bridgehead atoms. The van der Waals surface area contributed by atoms with Crippen LogP contribution in [0.25, 0.3) is 10.9 Å². The number of benzene rings is 2. The molecule has 24 heavy (non-hydrogen) atoms. The number of carbonyl (C=O) groups is 1. The molecular weight excluding hydrogens is 296 g/mol. The second-order valence-electron chi connectivity index (χ2n) is 7.38. The fourth-order valence-electron chi connectivity index (χ4n) is 2.87. The molecule has 1 N–H and O–H groups in total. The van der Waals surface area contributed by atoms with Gasteiger partial charge >= 0.3 is 0 Å². The Kier molecular flexibility index (Phi) is 4.18. The van der Waals surface area contributed by atoms with Gasteiger partial charge in [-0.05, 0) is 53.6 Å². The first kappa shape index (κ1) is 16.3. The third-order valence-electron chi connectivity index (χ3n) is 4.28. The second-order valence-corrected chi connectivity index (χ2v) is 7.38. The minimum Gasteiger partial charge on any atom is -0.338 e. The summed E-state index contributed by atoms with van der Waals surface area (Å²) in [4.78, 5) is 12.3. The first-order valence-corrected chi connectivity index (χ1v) is 8.29. The van der Waals surface area contributed by atoms with Crippen molar-refractivity contribution in [1.29, 1.82) is 0 Å². The van der Waals surface area contributed by atoms with Crippen molar-refractivity contribution < 1.29 is 4.79 Å². The van der Waals surface area contributed by atoms with Crippen LogP contribution in [0.5, 0.6) is 0 Å². The molecule has 0 saturated heterocycles. The highest BCUT2D eigenvalue weighted by molar-refractivity contribution is 5.92. The highest BCUT2D eigenvalue weighted by atomic mass is 16.1. The molecule has 0 fully saturated rings. The van der Waals surface area contributed by atoms with E-state index in [0.717, 1.165) is 16.6 Å². The first-order valence-electron chi connectivity index (χ1n) is 8.29. The minimum atomic E-state index is -0.0171. The van der Waals surface area contributed by atoms with E-state index in [1.807, 2.05) is 29.0 Å². The van der Waals surface area contributed by atoms with Gasteiger partial charge in [0, 0.05) is 17.4 Å². The fraction of sp³-hybridized carbons (Fsp3) is 0.286. The molecule has 3 rings (SSSR count). The molecule has 0 atom stereocenters. The molecule has 0 unspecified atom stereocenters. The van der Waals surface area contributed by atoms with E-state index in [4.69, 9.17) is 0 Å². The van der Waals surface area contributed by atoms with Gasteiger partial charge in [-0.25, -0.2) is 0 Å². The Hall–Kier alpha value is -2.55. The third kappa shape index (κ3) is 3.51. The molecule has 0 spiro atoms. The predicted molar refractivity (Wildman–Crippen MR) is 100 cm³/mol. The molecule has 0 saturated carbocycles. The van der Waals surface area contributed by atoms with Crippen LogP contribution in [0, 0.1) is 6.92 Å². The van der Waals surface area contributed by atoms with Crippen LogP contribution < -0.4 is 5.32 Å². The lowest BCUT2D eigenvalue weighted by Crippen LogP contribution is -2.18. The van der Waals surface area contributed by atoms with Gasteiger partial charge < -0.3 is 9.88 Å². The summed E-state index contributed by atoms with van der Waals surface area (Å²) in [6, 6.07) is 16.4. The first-order chi connectivity index (χ1) is 11.3. The van der Waals surface area contributed by atoms with Gasteiger partial charge in [-0.1, -0.05) is 44.5 Å². The van der Waals surface area contributed by atoms with Crippen LogP contribution >= 0.6 is 0 Å². The zero-order valence-corrected chi connectivity index (χ0v) is 14.8. The van der Waals surface area contributed by atoms with E-state index in [0.29, 0.717) is 6.54 Å². The summed E-state index contributed by atoms with van der Waals surface area (Å²) in [5.41, 5.74) is 4.51. The van der Waals surface area contributed by atoms with Crippen LogP contribution in [0.4, 0.5) is 5.69 Å². The van der Waals surface area contributed by atoms with Crippen LogP contribution in [0.1, 0.15) is 31.9 Å². The Morgan fingerprint density at radius 2 is 1.75 bits per heavy atom. The van der Waals surface area contributed by atoms with Crippen LogP contribution in [-0.4, -0.2) is 10.5 Å². The molecule has 0 radical (unpaired) electrons. The molecule has 3 nitrogen and oxygen atoms in total. The molecule has 0 aliphatic rings. The molecule has 2 aromatic carbocycles. The lowest BCUT2D eigenvalue weighted by Gasteiger charge is -2.19. The van der Waals surface area contributed by atoms with E-state index in [9.17, 15) is 4.79 Å². The van der Waals surface area contributed by atoms with Crippen LogP contribution in [0.3, 0.4) is 0 Å². The van der Waals surface area contributed by atoms with Crippen molar-refractivity contribution in [1.82, 2.24) is 4.57 Å². The van der Waals surface area contributed by atoms with Crippen LogP contribution in [0.15, 0.2) is 54.7 Å². The number of hydrogen-bond acceptors (Lipinski definition) is 1. The summed E-state index contributed by atoms with van der Waals surface area (Å²) < 4.78 is 1.98. The Balaban J connectivity index is 1.71. The predicted octanol–water partition coefficient (Wildman–Crippen LogP) is 4.89. The monoisotopic (exact) mass is 320 g/mol. The van der Waals surface area contributed by atoms with E-state index in [2.05, 4.69) is 63.3 Å². The Morgan fingerprint density at radius 3 is 2.42 bits per heavy atom. The summed E-state index contributed by atoms with van der Waals surface area (Å²) in [6.07, 6.45) is 1.96. The van der Waals surface area contributed by atoms with Crippen molar-refractivity contribution in [2.75, 3.05) is 5.32 Å². The van der Waals surface area contributed by atoms with Gasteiger partial charge in [-0.3, -0.25) is 4.79 Å². The number of carbonyl (C=O) groups excluding carboxylic acids is 1. The highest BCUT2D eigenvalue weighted by Gasteiger charge is 2.13. The van der Waals surface area contributed by atoms with E-state index >= 15 is 0 Å². The zero-order chi connectivity index (χ0) is 17.3. The summed E-state index contributed by atoms with van der Waals surface area (Å²) in [5, 5.41) is 4.14. The molecule has 0 aliphatic carbocycles. The van der Waals surface area contributed by atoms with Crippen molar-refractivity contribution in [2.24, 2.45) is 0 Å². The average Bonchev–Trinajstić information content (AvgIpc) is 2.89. The van der Waals surface area contributed by atoms with Gasteiger partial charge in [0.15, 0.2) is 0 Å². The molecule has 0 aliphatic heterocycles. The summed E-state index contributed by atoms with van der Waals surface area (Å²) in [7, 11) is 0. The number of hydrogen-bond donors (Lipinski definition) is 1. The minimum absolute atomic E-state index is 0.0171. The van der Waals surface area contributed by atoms with Crippen molar-refractivity contribution in [3.8, 4) is 0 Å². The Labute approximate surface area is 143 Å². The maximum Gasteiger partial charge on any atom is 0.244 e. The molecular formula is C21H24N2O. The smallest absolute Gasteiger partial charge is 0.244 e. The van der Waals surface area contributed by atoms with E-state index in [1.54, 1.807) is 0 Å². The van der Waals surface area contributed by atoms with E-state index < -0.39 is 0 Å². The van der Waals surface area contributed by atoms with Crippen LogP contribution in [0.2, 0.25) is 0 Å². The second kappa shape index (κ2) is 6.16. The lowest BCUT2D eigenvalue weighted by molar-refractivity contribution is -0.116. The SMILES string of the molecule is Cc1ccc2c(ccn2CC(=O)Nc2ccc(C(C)(C)C)cc2)c1. The zero-order valence-electron chi connectivity index (χ0n) is 14.8. The topological polar surface area (TPSA) is 34.0 Å². The summed E-state index contributed by atoms with van der Waals surface area (Å²) in [5.74, 6) is -0.0171. The van der Waals surface area contributed by atoms with E-state index in [-0.39, 0.29) is 11.3 Å². The molecule has 1 aromatic heterocycles.